The van der Waals surface area contributed by atoms with Crippen molar-refractivity contribution in [2.75, 3.05) is 12.4 Å². The van der Waals surface area contributed by atoms with E-state index in [-0.39, 0.29) is 22.9 Å². The molecule has 4 aromatic rings. The molecule has 7 heteroatoms. The van der Waals surface area contributed by atoms with Crippen LogP contribution in [0.3, 0.4) is 0 Å². The molecule has 2 aromatic carbocycles. The van der Waals surface area contributed by atoms with Crippen LogP contribution in [0.15, 0.2) is 71.3 Å². The van der Waals surface area contributed by atoms with E-state index in [1.165, 1.54) is 25.5 Å². The molecule has 0 bridgehead atoms. The number of para-hydroxylation sites is 2. The summed E-state index contributed by atoms with van der Waals surface area (Å²) in [6.45, 7) is 0. The van der Waals surface area contributed by atoms with Crippen LogP contribution in [0.2, 0.25) is 0 Å². The van der Waals surface area contributed by atoms with Gasteiger partial charge in [-0.25, -0.2) is 4.98 Å². The molecule has 0 saturated heterocycles. The van der Waals surface area contributed by atoms with Gasteiger partial charge < -0.3 is 19.6 Å². The molecule has 31 heavy (non-hydrogen) atoms. The molecular weight excluding hydrogens is 394 g/mol. The molecule has 0 unspecified atom stereocenters. The summed E-state index contributed by atoms with van der Waals surface area (Å²) < 4.78 is 10.5. The SMILES string of the molecule is COc1[c]cccc1-c1cc(-c2ccccc2O)nc(NC(=O)c2ccco2)c1C#N. The van der Waals surface area contributed by atoms with Gasteiger partial charge in [-0.1, -0.05) is 30.3 Å². The van der Waals surface area contributed by atoms with Crippen LogP contribution in [-0.4, -0.2) is 23.1 Å². The summed E-state index contributed by atoms with van der Waals surface area (Å²) >= 11 is 0. The van der Waals surface area contributed by atoms with E-state index < -0.39 is 5.91 Å². The number of nitriles is 1. The molecule has 0 aliphatic heterocycles. The van der Waals surface area contributed by atoms with Gasteiger partial charge in [0.15, 0.2) is 11.6 Å². The zero-order valence-electron chi connectivity index (χ0n) is 16.4. The van der Waals surface area contributed by atoms with Crippen LogP contribution in [0.4, 0.5) is 5.82 Å². The van der Waals surface area contributed by atoms with Crippen molar-refractivity contribution < 1.29 is 19.1 Å². The average Bonchev–Trinajstić information content (AvgIpc) is 3.34. The van der Waals surface area contributed by atoms with E-state index in [1.807, 2.05) is 0 Å². The number of nitrogens with one attached hydrogen (secondary N) is 1. The Labute approximate surface area is 178 Å². The summed E-state index contributed by atoms with van der Waals surface area (Å²) in [6, 6.07) is 21.8. The maximum atomic E-state index is 12.6. The Morgan fingerprint density at radius 2 is 1.97 bits per heavy atom. The van der Waals surface area contributed by atoms with Gasteiger partial charge in [-0.15, -0.1) is 0 Å². The van der Waals surface area contributed by atoms with Gasteiger partial charge in [0, 0.05) is 22.8 Å². The van der Waals surface area contributed by atoms with Gasteiger partial charge in [0.2, 0.25) is 0 Å². The predicted octanol–water partition coefficient (Wildman–Crippen LogP) is 4.65. The molecule has 1 radical (unpaired) electrons. The van der Waals surface area contributed by atoms with Crippen LogP contribution in [0.25, 0.3) is 22.4 Å². The summed E-state index contributed by atoms with van der Waals surface area (Å²) in [5.41, 5.74) is 2.01. The van der Waals surface area contributed by atoms with Crippen molar-refractivity contribution in [2.24, 2.45) is 0 Å². The second kappa shape index (κ2) is 8.43. The van der Waals surface area contributed by atoms with Gasteiger partial charge in [-0.3, -0.25) is 4.79 Å². The summed E-state index contributed by atoms with van der Waals surface area (Å²) in [7, 11) is 1.51. The molecule has 0 fully saturated rings. The molecule has 1 amide bonds. The maximum absolute atomic E-state index is 12.6. The van der Waals surface area contributed by atoms with E-state index in [1.54, 1.807) is 48.5 Å². The maximum Gasteiger partial charge on any atom is 0.292 e. The monoisotopic (exact) mass is 410 g/mol. The Morgan fingerprint density at radius 1 is 1.16 bits per heavy atom. The molecule has 2 aromatic heterocycles. The minimum absolute atomic E-state index is 0.0144. The number of aromatic hydroxyl groups is 1. The number of carbonyl (C=O) groups is 1. The van der Waals surface area contributed by atoms with Crippen molar-refractivity contribution in [1.82, 2.24) is 4.98 Å². The van der Waals surface area contributed by atoms with Crippen LogP contribution < -0.4 is 10.1 Å². The van der Waals surface area contributed by atoms with Crippen LogP contribution in [0.5, 0.6) is 11.5 Å². The highest BCUT2D eigenvalue weighted by molar-refractivity contribution is 6.03. The zero-order valence-corrected chi connectivity index (χ0v) is 16.4. The number of anilines is 1. The van der Waals surface area contributed by atoms with Crippen molar-refractivity contribution in [3.8, 4) is 40.0 Å². The van der Waals surface area contributed by atoms with Crippen molar-refractivity contribution in [1.29, 1.82) is 5.26 Å². The fraction of sp³-hybridized carbons (Fsp3) is 0.0417. The lowest BCUT2D eigenvalue weighted by Crippen LogP contribution is -2.14. The van der Waals surface area contributed by atoms with Crippen LogP contribution in [0, 0.1) is 17.4 Å². The number of aromatic nitrogens is 1. The number of carbonyl (C=O) groups excluding carboxylic acids is 1. The molecule has 0 saturated carbocycles. The van der Waals surface area contributed by atoms with Crippen molar-refractivity contribution >= 4 is 11.7 Å². The highest BCUT2D eigenvalue weighted by Crippen LogP contribution is 2.38. The van der Waals surface area contributed by atoms with Crippen molar-refractivity contribution in [3.63, 3.8) is 0 Å². The fourth-order valence-electron chi connectivity index (χ4n) is 3.17. The number of rotatable bonds is 5. The number of pyridine rings is 1. The molecule has 151 valence electrons. The normalized spacial score (nSPS) is 10.3. The topological polar surface area (TPSA) is 108 Å². The highest BCUT2D eigenvalue weighted by Gasteiger charge is 2.21. The van der Waals surface area contributed by atoms with Gasteiger partial charge in [-0.2, -0.15) is 5.26 Å². The Balaban J connectivity index is 1.95. The molecular formula is C24H16N3O4. The van der Waals surface area contributed by atoms with Gasteiger partial charge in [-0.05, 0) is 30.3 Å². The van der Waals surface area contributed by atoms with Gasteiger partial charge in [0.25, 0.3) is 5.91 Å². The summed E-state index contributed by atoms with van der Waals surface area (Å²) in [6.07, 6.45) is 1.38. The van der Waals surface area contributed by atoms with E-state index in [0.717, 1.165) is 0 Å². The van der Waals surface area contributed by atoms with Crippen LogP contribution in [0.1, 0.15) is 16.1 Å². The number of hydrogen-bond donors (Lipinski definition) is 2. The lowest BCUT2D eigenvalue weighted by Gasteiger charge is -2.15. The highest BCUT2D eigenvalue weighted by atomic mass is 16.5. The van der Waals surface area contributed by atoms with E-state index in [9.17, 15) is 15.2 Å². The summed E-state index contributed by atoms with van der Waals surface area (Å²) in [4.78, 5) is 17.1. The smallest absolute Gasteiger partial charge is 0.292 e. The number of ether oxygens (including phenoxy) is 1. The van der Waals surface area contributed by atoms with Gasteiger partial charge in [0.05, 0.1) is 19.1 Å². The van der Waals surface area contributed by atoms with Crippen LogP contribution in [-0.2, 0) is 0 Å². The lowest BCUT2D eigenvalue weighted by molar-refractivity contribution is 0.0996. The Morgan fingerprint density at radius 3 is 2.68 bits per heavy atom. The third-order valence-corrected chi connectivity index (χ3v) is 4.60. The third-order valence-electron chi connectivity index (χ3n) is 4.60. The van der Waals surface area contributed by atoms with Gasteiger partial charge in [0.1, 0.15) is 23.1 Å². The largest absolute Gasteiger partial charge is 0.507 e. The fourth-order valence-corrected chi connectivity index (χ4v) is 3.17. The molecule has 2 N–H and O–H groups in total. The minimum Gasteiger partial charge on any atom is -0.507 e. The Hall–Kier alpha value is -4.57. The lowest BCUT2D eigenvalue weighted by atomic mass is 9.97. The summed E-state index contributed by atoms with van der Waals surface area (Å²) in [5.74, 6) is -0.00494. The molecule has 4 rings (SSSR count). The van der Waals surface area contributed by atoms with E-state index in [0.29, 0.717) is 28.1 Å². The van der Waals surface area contributed by atoms with E-state index >= 15 is 0 Å². The van der Waals surface area contributed by atoms with E-state index in [4.69, 9.17) is 9.15 Å². The first kappa shape index (κ1) is 19.7. The number of furan rings is 1. The molecule has 2 heterocycles. The predicted molar refractivity (Wildman–Crippen MR) is 114 cm³/mol. The molecule has 0 aliphatic carbocycles. The molecule has 0 spiro atoms. The first-order valence-electron chi connectivity index (χ1n) is 9.25. The number of nitrogens with zero attached hydrogens (tertiary/aromatic N) is 2. The number of amides is 1. The first-order chi connectivity index (χ1) is 15.1. The van der Waals surface area contributed by atoms with Gasteiger partial charge >= 0.3 is 0 Å². The first-order valence-corrected chi connectivity index (χ1v) is 9.25. The second-order valence-corrected chi connectivity index (χ2v) is 6.46. The van der Waals surface area contributed by atoms with Crippen molar-refractivity contribution in [3.05, 3.63) is 84.3 Å². The number of phenols is 1. The molecule has 0 aliphatic rings. The third kappa shape index (κ3) is 3.82. The molecule has 7 nitrogen and oxygen atoms in total. The standard InChI is InChI=1S/C24H16N3O4/c1-30-21-10-5-3-7-15(21)17-13-19(16-8-2-4-9-20(16)28)26-23(18(17)14-25)27-24(29)22-11-6-12-31-22/h2-9,11-13,28H,1H3,(H,26,27,29). The zero-order chi connectivity index (χ0) is 21.8. The minimum atomic E-state index is -0.555. The number of benzene rings is 2. The van der Waals surface area contributed by atoms with Crippen LogP contribution >= 0.6 is 0 Å². The Kier molecular flexibility index (Phi) is 5.37. The van der Waals surface area contributed by atoms with Crippen molar-refractivity contribution in [2.45, 2.75) is 0 Å². The number of hydrogen-bond acceptors (Lipinski definition) is 6. The number of phenolic OH excluding ortho intramolecular Hbond substituents is 1. The second-order valence-electron chi connectivity index (χ2n) is 6.46. The molecule has 0 atom stereocenters. The Bertz CT molecular complexity index is 1290. The quantitative estimate of drug-likeness (QED) is 0.496. The number of methoxy groups -OCH3 is 1. The average molecular weight is 410 g/mol. The summed E-state index contributed by atoms with van der Waals surface area (Å²) in [5, 5.41) is 22.9. The van der Waals surface area contributed by atoms with E-state index in [2.05, 4.69) is 22.4 Å².